The summed E-state index contributed by atoms with van der Waals surface area (Å²) in [6.45, 7) is 11.6. The van der Waals surface area contributed by atoms with E-state index in [-0.39, 0.29) is 24.4 Å². The molecule has 27 heavy (non-hydrogen) atoms. The largest absolute Gasteiger partial charge is 0.374 e. The molecule has 1 unspecified atom stereocenters. The number of ether oxygens (including phenoxy) is 1. The van der Waals surface area contributed by atoms with Crippen LogP contribution in [-0.2, 0) is 16.0 Å². The summed E-state index contributed by atoms with van der Waals surface area (Å²) < 4.78 is 19.9. The third-order valence-corrected chi connectivity index (χ3v) is 5.31. The number of hydrogen-bond acceptors (Lipinski definition) is 4. The second-order valence-corrected chi connectivity index (χ2v) is 8.17. The van der Waals surface area contributed by atoms with Crippen molar-refractivity contribution in [2.75, 3.05) is 50.8 Å². The molecule has 1 aromatic rings. The maximum Gasteiger partial charge on any atom is 0.239 e. The number of nitrogens with one attached hydrogen (secondary N) is 1. The van der Waals surface area contributed by atoms with Gasteiger partial charge in [0.2, 0.25) is 5.91 Å². The number of amides is 1. The maximum atomic E-state index is 14.1. The average molecular weight is 378 g/mol. The molecule has 2 aliphatic heterocycles. The Morgan fingerprint density at radius 1 is 1.37 bits per heavy atom. The fourth-order valence-electron chi connectivity index (χ4n) is 4.17. The van der Waals surface area contributed by atoms with Crippen LogP contribution in [0.1, 0.15) is 31.4 Å². The monoisotopic (exact) mass is 377 g/mol. The van der Waals surface area contributed by atoms with Crippen LogP contribution in [0.15, 0.2) is 12.1 Å². The van der Waals surface area contributed by atoms with Crippen LogP contribution in [0.2, 0.25) is 0 Å². The van der Waals surface area contributed by atoms with E-state index in [1.54, 1.807) is 6.07 Å². The van der Waals surface area contributed by atoms with E-state index >= 15 is 0 Å². The Morgan fingerprint density at radius 3 is 2.96 bits per heavy atom. The Kier molecular flexibility index (Phi) is 6.71. The summed E-state index contributed by atoms with van der Waals surface area (Å²) >= 11 is 0. The molecule has 1 aromatic carbocycles. The van der Waals surface area contributed by atoms with Crippen LogP contribution in [0.5, 0.6) is 0 Å². The van der Waals surface area contributed by atoms with Gasteiger partial charge in [0.15, 0.2) is 0 Å². The number of morpholine rings is 1. The number of anilines is 1. The van der Waals surface area contributed by atoms with Gasteiger partial charge in [0.25, 0.3) is 0 Å². The van der Waals surface area contributed by atoms with E-state index in [0.717, 1.165) is 55.8 Å². The summed E-state index contributed by atoms with van der Waals surface area (Å²) in [6.07, 6.45) is 1.65. The molecule has 150 valence electrons. The van der Waals surface area contributed by atoms with Gasteiger partial charge in [-0.05, 0) is 37.3 Å². The van der Waals surface area contributed by atoms with Crippen molar-refractivity contribution >= 4 is 11.6 Å². The predicted molar refractivity (Wildman–Crippen MR) is 106 cm³/mol. The minimum absolute atomic E-state index is 0.0314. The van der Waals surface area contributed by atoms with E-state index in [4.69, 9.17) is 4.74 Å². The van der Waals surface area contributed by atoms with Crippen molar-refractivity contribution in [3.63, 3.8) is 0 Å². The molecule has 5 nitrogen and oxygen atoms in total. The van der Waals surface area contributed by atoms with Crippen molar-refractivity contribution in [2.24, 2.45) is 5.92 Å². The van der Waals surface area contributed by atoms with Gasteiger partial charge in [-0.15, -0.1) is 0 Å². The van der Waals surface area contributed by atoms with E-state index in [2.05, 4.69) is 24.1 Å². The fourth-order valence-corrected chi connectivity index (χ4v) is 4.17. The number of hydrogen-bond donors (Lipinski definition) is 1. The summed E-state index contributed by atoms with van der Waals surface area (Å²) in [7, 11) is 0. The van der Waals surface area contributed by atoms with Crippen LogP contribution < -0.4 is 10.2 Å². The molecule has 0 aliphatic carbocycles. The molecule has 0 saturated carbocycles. The predicted octanol–water partition coefficient (Wildman–Crippen LogP) is 2.36. The summed E-state index contributed by atoms with van der Waals surface area (Å²) in [4.78, 5) is 16.9. The third-order valence-electron chi connectivity index (χ3n) is 5.31. The first-order valence-electron chi connectivity index (χ1n) is 10.1. The zero-order valence-corrected chi connectivity index (χ0v) is 16.8. The van der Waals surface area contributed by atoms with Crippen LogP contribution in [-0.4, -0.2) is 62.8 Å². The van der Waals surface area contributed by atoms with E-state index in [0.29, 0.717) is 19.1 Å². The number of nitrogens with zero attached hydrogens (tertiary/aromatic N) is 2. The number of fused-ring (bicyclic) bond motifs is 1. The van der Waals surface area contributed by atoms with Crippen molar-refractivity contribution in [1.82, 2.24) is 10.2 Å². The Balaban J connectivity index is 1.53. The number of rotatable bonds is 6. The Morgan fingerprint density at radius 2 is 2.19 bits per heavy atom. The second kappa shape index (κ2) is 9.02. The second-order valence-electron chi connectivity index (χ2n) is 8.17. The lowest BCUT2D eigenvalue weighted by Gasteiger charge is -2.34. The highest BCUT2D eigenvalue weighted by atomic mass is 19.1. The molecule has 1 fully saturated rings. The molecular weight excluding hydrogens is 345 g/mol. The minimum Gasteiger partial charge on any atom is -0.374 e. The molecule has 0 radical (unpaired) electrons. The molecular formula is C21H32FN3O2. The van der Waals surface area contributed by atoms with Crippen LogP contribution in [0, 0.1) is 18.7 Å². The van der Waals surface area contributed by atoms with E-state index in [9.17, 15) is 9.18 Å². The number of benzene rings is 1. The van der Waals surface area contributed by atoms with Crippen LogP contribution >= 0.6 is 0 Å². The molecule has 0 spiro atoms. The molecule has 0 bridgehead atoms. The van der Waals surface area contributed by atoms with Crippen molar-refractivity contribution in [2.45, 2.75) is 39.7 Å². The maximum absolute atomic E-state index is 14.1. The molecule has 0 aromatic heterocycles. The van der Waals surface area contributed by atoms with Gasteiger partial charge in [0.05, 0.1) is 19.3 Å². The average Bonchev–Trinajstić information content (AvgIpc) is 2.63. The van der Waals surface area contributed by atoms with Gasteiger partial charge >= 0.3 is 0 Å². The van der Waals surface area contributed by atoms with Gasteiger partial charge in [0, 0.05) is 44.0 Å². The Hall–Kier alpha value is -1.66. The Labute approximate surface area is 161 Å². The van der Waals surface area contributed by atoms with Crippen LogP contribution in [0.4, 0.5) is 10.1 Å². The summed E-state index contributed by atoms with van der Waals surface area (Å²) in [5.41, 5.74) is 2.67. The summed E-state index contributed by atoms with van der Waals surface area (Å²) in [5.74, 6) is 0.429. The topological polar surface area (TPSA) is 44.8 Å². The minimum atomic E-state index is -0.165. The van der Waals surface area contributed by atoms with Gasteiger partial charge in [-0.3, -0.25) is 9.69 Å². The number of carbonyl (C=O) groups is 1. The molecule has 2 aliphatic rings. The fraction of sp³-hybridized carbons (Fsp3) is 0.667. The van der Waals surface area contributed by atoms with E-state index < -0.39 is 0 Å². The number of aryl methyl sites for hydroxylation is 1. The van der Waals surface area contributed by atoms with Gasteiger partial charge in [-0.1, -0.05) is 19.9 Å². The number of carbonyl (C=O) groups excluding carboxylic acids is 1. The summed E-state index contributed by atoms with van der Waals surface area (Å²) in [5, 5.41) is 3.01. The lowest BCUT2D eigenvalue weighted by molar-refractivity contribution is -0.121. The molecule has 1 saturated heterocycles. The first-order valence-corrected chi connectivity index (χ1v) is 10.1. The molecule has 3 rings (SSSR count). The van der Waals surface area contributed by atoms with Crippen molar-refractivity contribution in [1.29, 1.82) is 0 Å². The quantitative estimate of drug-likeness (QED) is 0.827. The lowest BCUT2D eigenvalue weighted by atomic mass is 9.97. The first-order chi connectivity index (χ1) is 12.9. The molecule has 1 atom stereocenters. The normalized spacial score (nSPS) is 20.6. The standard InChI is InChI=1S/C21H32FN3O2/c1-15(2)12-24-9-10-27-17(13-24)11-23-20(26)14-25-8-4-5-18-19(22)7-6-16(3)21(18)25/h6-7,15,17H,4-5,8-14H2,1-3H3,(H,23,26). The zero-order valence-electron chi connectivity index (χ0n) is 16.8. The van der Waals surface area contributed by atoms with Crippen molar-refractivity contribution in [3.05, 3.63) is 29.1 Å². The smallest absolute Gasteiger partial charge is 0.239 e. The third kappa shape index (κ3) is 5.20. The van der Waals surface area contributed by atoms with Gasteiger partial charge in [-0.25, -0.2) is 4.39 Å². The van der Waals surface area contributed by atoms with Crippen LogP contribution in [0.3, 0.4) is 0 Å². The van der Waals surface area contributed by atoms with Crippen molar-refractivity contribution in [3.8, 4) is 0 Å². The molecule has 1 amide bonds. The highest BCUT2D eigenvalue weighted by Crippen LogP contribution is 2.32. The highest BCUT2D eigenvalue weighted by molar-refractivity contribution is 5.82. The first kappa shape index (κ1) is 20.1. The zero-order chi connectivity index (χ0) is 19.4. The van der Waals surface area contributed by atoms with Crippen molar-refractivity contribution < 1.29 is 13.9 Å². The highest BCUT2D eigenvalue weighted by Gasteiger charge is 2.25. The SMILES string of the molecule is Cc1ccc(F)c2c1N(CC(=O)NCC1CN(CC(C)C)CCO1)CCC2. The number of halogens is 1. The lowest BCUT2D eigenvalue weighted by Crippen LogP contribution is -2.49. The molecule has 2 heterocycles. The van der Waals surface area contributed by atoms with Gasteiger partial charge in [-0.2, -0.15) is 0 Å². The molecule has 1 N–H and O–H groups in total. The van der Waals surface area contributed by atoms with E-state index in [1.807, 2.05) is 11.8 Å². The van der Waals surface area contributed by atoms with Gasteiger partial charge in [0.1, 0.15) is 5.82 Å². The van der Waals surface area contributed by atoms with Gasteiger partial charge < -0.3 is 15.0 Å². The Bertz CT molecular complexity index is 665. The van der Waals surface area contributed by atoms with E-state index in [1.165, 1.54) is 6.07 Å². The molecule has 6 heteroatoms. The van der Waals surface area contributed by atoms with Crippen LogP contribution in [0.25, 0.3) is 0 Å². The summed E-state index contributed by atoms with van der Waals surface area (Å²) in [6, 6.07) is 3.32.